The summed E-state index contributed by atoms with van der Waals surface area (Å²) in [5, 5.41) is 8.12. The van der Waals surface area contributed by atoms with Gasteiger partial charge in [-0.15, -0.1) is 10.2 Å². The van der Waals surface area contributed by atoms with E-state index in [0.29, 0.717) is 26.9 Å². The van der Waals surface area contributed by atoms with Gasteiger partial charge in [0.1, 0.15) is 0 Å². The summed E-state index contributed by atoms with van der Waals surface area (Å²) in [4.78, 5) is 12.9. The lowest BCUT2D eigenvalue weighted by Crippen LogP contribution is -2.21. The van der Waals surface area contributed by atoms with Gasteiger partial charge in [-0.1, -0.05) is 47.5 Å². The molecule has 0 amide bonds. The van der Waals surface area contributed by atoms with Crippen molar-refractivity contribution in [2.45, 2.75) is 17.8 Å². The highest BCUT2D eigenvalue weighted by Gasteiger charge is 2.25. The number of benzene rings is 2. The first-order chi connectivity index (χ1) is 13.8. The Hall–Kier alpha value is -2.68. The van der Waals surface area contributed by atoms with Crippen LogP contribution in [0.5, 0.6) is 0 Å². The van der Waals surface area contributed by atoms with E-state index in [-0.39, 0.29) is 16.6 Å². The molecule has 148 valence electrons. The van der Waals surface area contributed by atoms with E-state index < -0.39 is 15.4 Å². The first kappa shape index (κ1) is 19.6. The van der Waals surface area contributed by atoms with Crippen molar-refractivity contribution >= 4 is 38.7 Å². The number of hydrogen-bond acceptors (Lipinski definition) is 5. The Morgan fingerprint density at radius 3 is 2.45 bits per heavy atom. The average molecular weight is 449 g/mol. The Morgan fingerprint density at radius 1 is 0.966 bits per heavy atom. The number of sulfone groups is 1. The zero-order valence-electron chi connectivity index (χ0n) is 15.1. The van der Waals surface area contributed by atoms with Crippen LogP contribution in [0, 0.1) is 6.92 Å². The molecule has 2 aromatic heterocycles. The van der Waals surface area contributed by atoms with Crippen LogP contribution in [0.15, 0.2) is 64.8 Å². The molecular formula is C19H14Cl2N4O3S. The molecule has 0 N–H and O–H groups in total. The van der Waals surface area contributed by atoms with E-state index in [1.54, 1.807) is 49.4 Å². The molecule has 0 aliphatic carbocycles. The minimum absolute atomic E-state index is 0.107. The minimum Gasteiger partial charge on any atom is -0.279 e. The summed E-state index contributed by atoms with van der Waals surface area (Å²) in [5.74, 6) is -0.357. The Kier molecular flexibility index (Phi) is 4.94. The van der Waals surface area contributed by atoms with Crippen molar-refractivity contribution in [3.63, 3.8) is 0 Å². The number of aromatic nitrogens is 4. The van der Waals surface area contributed by atoms with Gasteiger partial charge >= 0.3 is 5.56 Å². The number of hydrogen-bond donors (Lipinski definition) is 0. The third-order valence-corrected chi connectivity index (χ3v) is 6.82. The van der Waals surface area contributed by atoms with E-state index in [1.807, 2.05) is 0 Å². The first-order valence-corrected chi connectivity index (χ1v) is 10.9. The van der Waals surface area contributed by atoms with E-state index >= 15 is 0 Å². The normalized spacial score (nSPS) is 11.8. The summed E-state index contributed by atoms with van der Waals surface area (Å²) in [6.07, 6.45) is 2.91. The molecular weight excluding hydrogens is 435 g/mol. The molecule has 0 aliphatic rings. The molecule has 0 atom stereocenters. The predicted octanol–water partition coefficient (Wildman–Crippen LogP) is 3.47. The van der Waals surface area contributed by atoms with Crippen LogP contribution in [0.4, 0.5) is 0 Å². The second-order valence-corrected chi connectivity index (χ2v) is 9.08. The fourth-order valence-electron chi connectivity index (χ4n) is 3.01. The lowest BCUT2D eigenvalue weighted by atomic mass is 10.2. The van der Waals surface area contributed by atoms with Gasteiger partial charge < -0.3 is 0 Å². The largest absolute Gasteiger partial charge is 0.300 e. The standard InChI is InChI=1S/C19H14Cl2N4O3S/c1-12-14(20)7-4-8-16(12)24-9-10-25-17(18(24)26)22-23-19(25)29(27,28)11-13-5-2-3-6-15(13)21/h2-10H,11H2,1H3. The van der Waals surface area contributed by atoms with Crippen LogP contribution in [0.25, 0.3) is 11.3 Å². The highest BCUT2D eigenvalue weighted by Crippen LogP contribution is 2.23. The Morgan fingerprint density at radius 2 is 1.69 bits per heavy atom. The van der Waals surface area contributed by atoms with Gasteiger partial charge in [-0.05, 0) is 36.2 Å². The maximum absolute atomic E-state index is 12.9. The molecule has 2 heterocycles. The van der Waals surface area contributed by atoms with Gasteiger partial charge in [0.15, 0.2) is 0 Å². The van der Waals surface area contributed by atoms with Crippen LogP contribution in [-0.2, 0) is 15.6 Å². The quantitative estimate of drug-likeness (QED) is 0.476. The molecule has 0 radical (unpaired) electrons. The van der Waals surface area contributed by atoms with Crippen molar-refractivity contribution in [3.8, 4) is 5.69 Å². The van der Waals surface area contributed by atoms with Gasteiger partial charge in [0.25, 0.3) is 5.16 Å². The molecule has 0 bridgehead atoms. The SMILES string of the molecule is Cc1c(Cl)cccc1-n1ccn2c(S(=O)(=O)Cc3ccccc3Cl)nnc2c1=O. The monoisotopic (exact) mass is 448 g/mol. The van der Waals surface area contributed by atoms with Crippen LogP contribution in [-0.4, -0.2) is 27.6 Å². The molecule has 0 fully saturated rings. The second-order valence-electron chi connectivity index (χ2n) is 6.38. The van der Waals surface area contributed by atoms with Crippen molar-refractivity contribution in [2.24, 2.45) is 0 Å². The van der Waals surface area contributed by atoms with Crippen molar-refractivity contribution in [2.75, 3.05) is 0 Å². The van der Waals surface area contributed by atoms with Gasteiger partial charge in [0, 0.05) is 22.4 Å². The van der Waals surface area contributed by atoms with Crippen molar-refractivity contribution in [1.82, 2.24) is 19.2 Å². The van der Waals surface area contributed by atoms with Gasteiger partial charge in [0.2, 0.25) is 15.5 Å². The summed E-state index contributed by atoms with van der Waals surface area (Å²) in [6, 6.07) is 11.8. The van der Waals surface area contributed by atoms with E-state index in [4.69, 9.17) is 23.2 Å². The summed E-state index contributed by atoms with van der Waals surface area (Å²) < 4.78 is 28.3. The topological polar surface area (TPSA) is 86.3 Å². The summed E-state index contributed by atoms with van der Waals surface area (Å²) in [7, 11) is -3.89. The van der Waals surface area contributed by atoms with Crippen LogP contribution in [0.2, 0.25) is 10.0 Å². The Bertz CT molecular complexity index is 1410. The van der Waals surface area contributed by atoms with E-state index in [9.17, 15) is 13.2 Å². The third kappa shape index (κ3) is 3.43. The van der Waals surface area contributed by atoms with Crippen LogP contribution >= 0.6 is 23.2 Å². The molecule has 0 saturated heterocycles. The summed E-state index contributed by atoms with van der Waals surface area (Å²) >= 11 is 12.2. The van der Waals surface area contributed by atoms with Gasteiger partial charge in [-0.25, -0.2) is 8.42 Å². The van der Waals surface area contributed by atoms with Crippen LogP contribution < -0.4 is 5.56 Å². The summed E-state index contributed by atoms with van der Waals surface area (Å²) in [5.41, 5.74) is 1.11. The molecule has 2 aromatic carbocycles. The van der Waals surface area contributed by atoms with Crippen molar-refractivity contribution < 1.29 is 8.42 Å². The highest BCUT2D eigenvalue weighted by atomic mass is 35.5. The zero-order chi connectivity index (χ0) is 20.8. The minimum atomic E-state index is -3.89. The van der Waals surface area contributed by atoms with Crippen molar-refractivity contribution in [1.29, 1.82) is 0 Å². The number of halogens is 2. The molecule has 0 aliphatic heterocycles. The number of nitrogens with zero attached hydrogens (tertiary/aromatic N) is 4. The fourth-order valence-corrected chi connectivity index (χ4v) is 4.86. The molecule has 4 rings (SSSR count). The van der Waals surface area contributed by atoms with Crippen LogP contribution in [0.3, 0.4) is 0 Å². The maximum atomic E-state index is 12.9. The molecule has 4 aromatic rings. The fraction of sp³-hybridized carbons (Fsp3) is 0.105. The molecule has 0 saturated carbocycles. The van der Waals surface area contributed by atoms with Crippen molar-refractivity contribution in [3.05, 3.63) is 86.4 Å². The lowest BCUT2D eigenvalue weighted by Gasteiger charge is -2.10. The molecule has 0 unspecified atom stereocenters. The molecule has 10 heteroatoms. The first-order valence-electron chi connectivity index (χ1n) is 8.47. The second kappa shape index (κ2) is 7.29. The Labute approximate surface area is 176 Å². The van der Waals surface area contributed by atoms with Gasteiger partial charge in [-0.3, -0.25) is 13.8 Å². The van der Waals surface area contributed by atoms with E-state index in [0.717, 1.165) is 0 Å². The molecule has 0 spiro atoms. The third-order valence-electron chi connectivity index (χ3n) is 4.52. The van der Waals surface area contributed by atoms with Gasteiger partial charge in [0.05, 0.1) is 11.4 Å². The van der Waals surface area contributed by atoms with E-state index in [1.165, 1.54) is 21.4 Å². The van der Waals surface area contributed by atoms with E-state index in [2.05, 4.69) is 10.2 Å². The molecule has 7 nitrogen and oxygen atoms in total. The summed E-state index contributed by atoms with van der Waals surface area (Å²) in [6.45, 7) is 1.79. The smallest absolute Gasteiger partial charge is 0.279 e. The average Bonchev–Trinajstić information content (AvgIpc) is 3.12. The number of fused-ring (bicyclic) bond motifs is 1. The maximum Gasteiger partial charge on any atom is 0.300 e. The molecule has 29 heavy (non-hydrogen) atoms. The lowest BCUT2D eigenvalue weighted by molar-refractivity contribution is 0.584. The predicted molar refractivity (Wildman–Crippen MR) is 111 cm³/mol. The van der Waals surface area contributed by atoms with Gasteiger partial charge in [-0.2, -0.15) is 0 Å². The zero-order valence-corrected chi connectivity index (χ0v) is 17.4. The Balaban J connectivity index is 1.83. The van der Waals surface area contributed by atoms with Crippen LogP contribution in [0.1, 0.15) is 11.1 Å². The highest BCUT2D eigenvalue weighted by molar-refractivity contribution is 7.90. The number of rotatable bonds is 4.